The van der Waals surface area contributed by atoms with Crippen molar-refractivity contribution in [1.82, 2.24) is 9.78 Å². The molecule has 2 aromatic heterocycles. The Morgan fingerprint density at radius 1 is 1.59 bits per heavy atom. The van der Waals surface area contributed by atoms with Crippen LogP contribution in [-0.2, 0) is 6.54 Å². The van der Waals surface area contributed by atoms with Gasteiger partial charge in [0.05, 0.1) is 18.4 Å². The zero-order chi connectivity index (χ0) is 12.3. The average Bonchev–Trinajstić information content (AvgIpc) is 2.69. The molecule has 1 N–H and O–H groups in total. The summed E-state index contributed by atoms with van der Waals surface area (Å²) in [7, 11) is 0. The van der Waals surface area contributed by atoms with Crippen LogP contribution in [0.3, 0.4) is 0 Å². The summed E-state index contributed by atoms with van der Waals surface area (Å²) < 4.78 is 2.48. The lowest BCUT2D eigenvalue weighted by Crippen LogP contribution is -2.22. The lowest BCUT2D eigenvalue weighted by molar-refractivity contribution is 0.645. The molecule has 17 heavy (non-hydrogen) atoms. The summed E-state index contributed by atoms with van der Waals surface area (Å²) in [6, 6.07) is 3.54. The van der Waals surface area contributed by atoms with Crippen molar-refractivity contribution in [2.75, 3.05) is 11.9 Å². The van der Waals surface area contributed by atoms with Gasteiger partial charge >= 0.3 is 0 Å². The van der Waals surface area contributed by atoms with Gasteiger partial charge in [-0.15, -0.1) is 11.3 Å². The molecule has 6 heteroatoms. The van der Waals surface area contributed by atoms with Crippen LogP contribution in [0.4, 0.5) is 5.69 Å². The summed E-state index contributed by atoms with van der Waals surface area (Å²) in [5.41, 5.74) is 0.669. The minimum atomic E-state index is -0.0937. The molecular weight excluding hydrogens is 302 g/mol. The van der Waals surface area contributed by atoms with Gasteiger partial charge in [-0.25, -0.2) is 4.68 Å². The first-order valence-electron chi connectivity index (χ1n) is 5.23. The molecule has 0 spiro atoms. The van der Waals surface area contributed by atoms with Gasteiger partial charge in [0.2, 0.25) is 0 Å². The van der Waals surface area contributed by atoms with Crippen LogP contribution >= 0.6 is 27.3 Å². The van der Waals surface area contributed by atoms with E-state index >= 15 is 0 Å². The molecule has 0 atom stereocenters. The van der Waals surface area contributed by atoms with Crippen molar-refractivity contribution < 1.29 is 0 Å². The smallest absolute Gasteiger partial charge is 0.269 e. The van der Waals surface area contributed by atoms with Gasteiger partial charge in [0.1, 0.15) is 0 Å². The largest absolute Gasteiger partial charge is 0.384 e. The highest BCUT2D eigenvalue weighted by Gasteiger charge is 2.05. The SMILES string of the molecule is CCNc1cnn(Cc2sccc2Br)c(=O)c1. The van der Waals surface area contributed by atoms with E-state index in [1.165, 1.54) is 4.68 Å². The highest BCUT2D eigenvalue weighted by Crippen LogP contribution is 2.22. The fraction of sp³-hybridized carbons (Fsp3) is 0.273. The van der Waals surface area contributed by atoms with Crippen LogP contribution in [0.5, 0.6) is 0 Å². The quantitative estimate of drug-likeness (QED) is 0.943. The van der Waals surface area contributed by atoms with E-state index in [-0.39, 0.29) is 5.56 Å². The molecule has 4 nitrogen and oxygen atoms in total. The molecule has 2 rings (SSSR count). The molecule has 0 aliphatic heterocycles. The molecule has 0 fully saturated rings. The van der Waals surface area contributed by atoms with Gasteiger partial charge in [0.25, 0.3) is 5.56 Å². The van der Waals surface area contributed by atoms with Gasteiger partial charge in [0.15, 0.2) is 0 Å². The second kappa shape index (κ2) is 5.46. The summed E-state index contributed by atoms with van der Waals surface area (Å²) in [5, 5.41) is 9.19. The van der Waals surface area contributed by atoms with Crippen molar-refractivity contribution in [3.63, 3.8) is 0 Å². The number of nitrogens with zero attached hydrogens (tertiary/aromatic N) is 2. The van der Waals surface area contributed by atoms with Gasteiger partial charge in [-0.1, -0.05) is 0 Å². The van der Waals surface area contributed by atoms with Crippen molar-refractivity contribution in [3.8, 4) is 0 Å². The minimum Gasteiger partial charge on any atom is -0.384 e. The molecule has 2 aromatic rings. The van der Waals surface area contributed by atoms with E-state index in [0.29, 0.717) is 6.54 Å². The predicted molar refractivity (Wildman–Crippen MR) is 73.8 cm³/mol. The molecule has 0 saturated carbocycles. The summed E-state index contributed by atoms with van der Waals surface area (Å²) in [5.74, 6) is 0. The molecule has 0 bridgehead atoms. The monoisotopic (exact) mass is 313 g/mol. The minimum absolute atomic E-state index is 0.0937. The third-order valence-electron chi connectivity index (χ3n) is 2.23. The maximum Gasteiger partial charge on any atom is 0.269 e. The van der Waals surface area contributed by atoms with Crippen molar-refractivity contribution >= 4 is 33.0 Å². The first kappa shape index (κ1) is 12.3. The van der Waals surface area contributed by atoms with E-state index in [9.17, 15) is 4.79 Å². The summed E-state index contributed by atoms with van der Waals surface area (Å²) >= 11 is 5.05. The highest BCUT2D eigenvalue weighted by molar-refractivity contribution is 9.10. The molecule has 0 saturated heterocycles. The molecule has 2 heterocycles. The first-order valence-corrected chi connectivity index (χ1v) is 6.91. The Labute approximate surface area is 111 Å². The zero-order valence-corrected chi connectivity index (χ0v) is 11.7. The third kappa shape index (κ3) is 2.95. The van der Waals surface area contributed by atoms with Crippen molar-refractivity contribution in [3.05, 3.63) is 43.4 Å². The zero-order valence-electron chi connectivity index (χ0n) is 9.31. The normalized spacial score (nSPS) is 10.5. The standard InChI is InChI=1S/C11H12BrN3OS/c1-2-13-8-5-11(16)15(14-6-8)7-10-9(12)3-4-17-10/h3-6,13H,2,7H2,1H3. The molecule has 0 amide bonds. The van der Waals surface area contributed by atoms with Crippen LogP contribution in [0.2, 0.25) is 0 Å². The first-order chi connectivity index (χ1) is 8.20. The molecule has 0 unspecified atom stereocenters. The fourth-order valence-electron chi connectivity index (χ4n) is 1.43. The second-order valence-corrected chi connectivity index (χ2v) is 5.32. The number of hydrogen-bond donors (Lipinski definition) is 1. The Kier molecular flexibility index (Phi) is 3.96. The van der Waals surface area contributed by atoms with Crippen molar-refractivity contribution in [1.29, 1.82) is 0 Å². The molecule has 0 radical (unpaired) electrons. The molecular formula is C11H12BrN3OS. The lowest BCUT2D eigenvalue weighted by Gasteiger charge is -2.05. The van der Waals surface area contributed by atoms with E-state index in [2.05, 4.69) is 26.3 Å². The molecule has 0 aliphatic rings. The third-order valence-corrected chi connectivity index (χ3v) is 4.15. The van der Waals surface area contributed by atoms with Gasteiger partial charge in [-0.2, -0.15) is 5.10 Å². The van der Waals surface area contributed by atoms with Gasteiger partial charge in [-0.3, -0.25) is 4.79 Å². The number of nitrogens with one attached hydrogen (secondary N) is 1. The summed E-state index contributed by atoms with van der Waals surface area (Å²) in [4.78, 5) is 12.9. The van der Waals surface area contributed by atoms with E-state index in [4.69, 9.17) is 0 Å². The fourth-order valence-corrected chi connectivity index (χ4v) is 2.89. The molecule has 0 aliphatic carbocycles. The van der Waals surface area contributed by atoms with Crippen LogP contribution in [0.1, 0.15) is 11.8 Å². The van der Waals surface area contributed by atoms with Gasteiger partial charge in [-0.05, 0) is 34.3 Å². The lowest BCUT2D eigenvalue weighted by atomic mass is 10.4. The highest BCUT2D eigenvalue weighted by atomic mass is 79.9. The van der Waals surface area contributed by atoms with Gasteiger partial charge < -0.3 is 5.32 Å². The van der Waals surface area contributed by atoms with Crippen molar-refractivity contribution in [2.24, 2.45) is 0 Å². The number of aromatic nitrogens is 2. The van der Waals surface area contributed by atoms with Gasteiger partial charge in [0, 0.05) is 22.0 Å². The van der Waals surface area contributed by atoms with Crippen LogP contribution in [0.25, 0.3) is 0 Å². The Bertz CT molecular complexity index is 564. The maximum atomic E-state index is 11.8. The van der Waals surface area contributed by atoms with Crippen LogP contribution < -0.4 is 10.9 Å². The van der Waals surface area contributed by atoms with E-state index in [0.717, 1.165) is 21.6 Å². The predicted octanol–water partition coefficient (Wildman–Crippen LogP) is 2.55. The Hall–Kier alpha value is -1.14. The van der Waals surface area contributed by atoms with E-state index in [1.807, 2.05) is 18.4 Å². The van der Waals surface area contributed by atoms with Crippen molar-refractivity contribution in [2.45, 2.75) is 13.5 Å². The van der Waals surface area contributed by atoms with E-state index < -0.39 is 0 Å². The number of thiophene rings is 1. The number of anilines is 1. The topological polar surface area (TPSA) is 46.9 Å². The number of rotatable bonds is 4. The van der Waals surface area contributed by atoms with Crippen LogP contribution in [0, 0.1) is 0 Å². The molecule has 0 aromatic carbocycles. The summed E-state index contributed by atoms with van der Waals surface area (Å²) in [6.45, 7) is 3.26. The van der Waals surface area contributed by atoms with Crippen LogP contribution in [0.15, 0.2) is 33.0 Å². The number of hydrogen-bond acceptors (Lipinski definition) is 4. The average molecular weight is 314 g/mol. The van der Waals surface area contributed by atoms with Crippen LogP contribution in [-0.4, -0.2) is 16.3 Å². The molecule has 90 valence electrons. The Morgan fingerprint density at radius 2 is 2.41 bits per heavy atom. The summed E-state index contributed by atoms with van der Waals surface area (Å²) in [6.07, 6.45) is 1.67. The maximum absolute atomic E-state index is 11.8. The Morgan fingerprint density at radius 3 is 3.00 bits per heavy atom. The Balaban J connectivity index is 2.23. The van der Waals surface area contributed by atoms with E-state index in [1.54, 1.807) is 23.6 Å². The second-order valence-electron chi connectivity index (χ2n) is 3.46. The number of halogens is 1.